The third-order valence-electron chi connectivity index (χ3n) is 5.41. The molecule has 3 aliphatic rings. The highest BCUT2D eigenvalue weighted by Gasteiger charge is 2.40. The average Bonchev–Trinajstić information content (AvgIpc) is 2.38. The van der Waals surface area contributed by atoms with E-state index in [1.165, 1.54) is 77.2 Å². The molecule has 19 heavy (non-hydrogen) atoms. The quantitative estimate of drug-likeness (QED) is 0.839. The number of hydrogen-bond donors (Lipinski definition) is 1. The van der Waals surface area contributed by atoms with Crippen LogP contribution < -0.4 is 5.32 Å². The van der Waals surface area contributed by atoms with E-state index in [0.717, 1.165) is 5.92 Å². The zero-order valence-corrected chi connectivity index (χ0v) is 12.5. The second-order valence-electron chi connectivity index (χ2n) is 7.11. The SMILES string of the molecule is C=C(C)N1CCC(CN2CCCC3(CNC3)C2)CC1. The van der Waals surface area contributed by atoms with Crippen LogP contribution in [0.4, 0.5) is 0 Å². The lowest BCUT2D eigenvalue weighted by Crippen LogP contribution is -2.61. The van der Waals surface area contributed by atoms with Crippen LogP contribution in [0.2, 0.25) is 0 Å². The van der Waals surface area contributed by atoms with E-state index in [2.05, 4.69) is 28.6 Å². The minimum atomic E-state index is 0.649. The summed E-state index contributed by atoms with van der Waals surface area (Å²) in [5, 5.41) is 3.47. The van der Waals surface area contributed by atoms with Gasteiger partial charge in [-0.05, 0) is 45.1 Å². The first-order chi connectivity index (χ1) is 9.17. The molecule has 3 heteroatoms. The molecule has 0 aromatic heterocycles. The lowest BCUT2D eigenvalue weighted by atomic mass is 9.74. The second kappa shape index (κ2) is 5.45. The van der Waals surface area contributed by atoms with Crippen molar-refractivity contribution in [2.75, 3.05) is 45.8 Å². The van der Waals surface area contributed by atoms with Gasteiger partial charge in [0.1, 0.15) is 0 Å². The first-order valence-electron chi connectivity index (χ1n) is 8.00. The van der Waals surface area contributed by atoms with E-state index < -0.39 is 0 Å². The monoisotopic (exact) mass is 263 g/mol. The molecule has 0 bridgehead atoms. The molecule has 0 aromatic carbocycles. The fourth-order valence-electron chi connectivity index (χ4n) is 4.10. The summed E-state index contributed by atoms with van der Waals surface area (Å²) in [5.41, 5.74) is 1.90. The van der Waals surface area contributed by atoms with Gasteiger partial charge < -0.3 is 15.1 Å². The van der Waals surface area contributed by atoms with Gasteiger partial charge in [-0.25, -0.2) is 0 Å². The van der Waals surface area contributed by atoms with Gasteiger partial charge in [-0.2, -0.15) is 0 Å². The van der Waals surface area contributed by atoms with E-state index in [9.17, 15) is 0 Å². The van der Waals surface area contributed by atoms with Gasteiger partial charge in [0.15, 0.2) is 0 Å². The van der Waals surface area contributed by atoms with Crippen LogP contribution in [0.25, 0.3) is 0 Å². The first-order valence-corrected chi connectivity index (χ1v) is 8.00. The van der Waals surface area contributed by atoms with E-state index >= 15 is 0 Å². The summed E-state index contributed by atoms with van der Waals surface area (Å²) in [6, 6.07) is 0. The van der Waals surface area contributed by atoms with Crippen LogP contribution in [0, 0.1) is 11.3 Å². The van der Waals surface area contributed by atoms with Crippen LogP contribution >= 0.6 is 0 Å². The molecule has 0 unspecified atom stereocenters. The van der Waals surface area contributed by atoms with Crippen LogP contribution in [-0.2, 0) is 0 Å². The van der Waals surface area contributed by atoms with E-state index in [0.29, 0.717) is 5.41 Å². The van der Waals surface area contributed by atoms with Crippen molar-refractivity contribution in [1.82, 2.24) is 15.1 Å². The molecule has 0 radical (unpaired) electrons. The van der Waals surface area contributed by atoms with Crippen LogP contribution in [0.1, 0.15) is 32.6 Å². The van der Waals surface area contributed by atoms with E-state index in [1.54, 1.807) is 0 Å². The van der Waals surface area contributed by atoms with Gasteiger partial charge in [0.2, 0.25) is 0 Å². The largest absolute Gasteiger partial charge is 0.376 e. The van der Waals surface area contributed by atoms with Crippen molar-refractivity contribution in [2.24, 2.45) is 11.3 Å². The first kappa shape index (κ1) is 13.4. The maximum Gasteiger partial charge on any atom is 0.0177 e. The Hall–Kier alpha value is -0.540. The number of hydrogen-bond acceptors (Lipinski definition) is 3. The van der Waals surface area contributed by atoms with Crippen molar-refractivity contribution < 1.29 is 0 Å². The molecule has 0 saturated carbocycles. The standard InChI is InChI=1S/C16H29N3/c1-14(2)19-8-4-15(5-9-19)10-18-7-3-6-16(13-18)11-17-12-16/h15,17H,1,3-13H2,2H3. The molecule has 108 valence electrons. The number of allylic oxidation sites excluding steroid dienone is 1. The Balaban J connectivity index is 1.45. The molecule has 3 rings (SSSR count). The van der Waals surface area contributed by atoms with Gasteiger partial charge in [0.25, 0.3) is 0 Å². The summed E-state index contributed by atoms with van der Waals surface area (Å²) in [5.74, 6) is 0.916. The fourth-order valence-corrected chi connectivity index (χ4v) is 4.10. The molecular formula is C16H29N3. The Bertz CT molecular complexity index is 327. The Labute approximate surface area is 118 Å². The molecule has 3 nitrogen and oxygen atoms in total. The number of nitrogens with one attached hydrogen (secondary N) is 1. The lowest BCUT2D eigenvalue weighted by Gasteiger charge is -2.50. The van der Waals surface area contributed by atoms with Crippen molar-refractivity contribution in [1.29, 1.82) is 0 Å². The predicted molar refractivity (Wildman–Crippen MR) is 80.1 cm³/mol. The maximum atomic E-state index is 4.07. The molecule has 3 fully saturated rings. The Morgan fingerprint density at radius 2 is 2.00 bits per heavy atom. The minimum Gasteiger partial charge on any atom is -0.376 e. The number of rotatable bonds is 3. The molecule has 1 spiro atoms. The Kier molecular flexibility index (Phi) is 3.86. The zero-order chi connectivity index (χ0) is 13.3. The highest BCUT2D eigenvalue weighted by Crippen LogP contribution is 2.34. The maximum absolute atomic E-state index is 4.07. The van der Waals surface area contributed by atoms with Crippen LogP contribution in [0.15, 0.2) is 12.3 Å². The summed E-state index contributed by atoms with van der Waals surface area (Å²) in [7, 11) is 0. The summed E-state index contributed by atoms with van der Waals surface area (Å²) < 4.78 is 0. The normalized spacial score (nSPS) is 28.4. The second-order valence-corrected chi connectivity index (χ2v) is 7.11. The van der Waals surface area contributed by atoms with Gasteiger partial charge >= 0.3 is 0 Å². The van der Waals surface area contributed by atoms with Crippen molar-refractivity contribution in [3.8, 4) is 0 Å². The van der Waals surface area contributed by atoms with Crippen molar-refractivity contribution in [3.05, 3.63) is 12.3 Å². The molecule has 0 aliphatic carbocycles. The number of likely N-dealkylation sites (tertiary alicyclic amines) is 2. The van der Waals surface area contributed by atoms with Gasteiger partial charge in [-0.15, -0.1) is 0 Å². The van der Waals surface area contributed by atoms with E-state index in [1.807, 2.05) is 0 Å². The fraction of sp³-hybridized carbons (Fsp3) is 0.875. The predicted octanol–water partition coefficient (Wildman–Crippen LogP) is 1.92. The van der Waals surface area contributed by atoms with Gasteiger partial charge in [0.05, 0.1) is 0 Å². The smallest absolute Gasteiger partial charge is 0.0177 e. The highest BCUT2D eigenvalue weighted by molar-refractivity contribution is 4.98. The van der Waals surface area contributed by atoms with Crippen molar-refractivity contribution in [3.63, 3.8) is 0 Å². The minimum absolute atomic E-state index is 0.649. The van der Waals surface area contributed by atoms with Gasteiger partial charge in [-0.1, -0.05) is 6.58 Å². The zero-order valence-electron chi connectivity index (χ0n) is 12.5. The van der Waals surface area contributed by atoms with E-state index in [-0.39, 0.29) is 0 Å². The average molecular weight is 263 g/mol. The summed E-state index contributed by atoms with van der Waals surface area (Å²) >= 11 is 0. The van der Waals surface area contributed by atoms with Crippen LogP contribution in [0.5, 0.6) is 0 Å². The molecule has 3 aliphatic heterocycles. The molecule has 3 saturated heterocycles. The van der Waals surface area contributed by atoms with Gasteiger partial charge in [-0.3, -0.25) is 0 Å². The Morgan fingerprint density at radius 1 is 1.26 bits per heavy atom. The summed E-state index contributed by atoms with van der Waals surface area (Å²) in [4.78, 5) is 5.20. The summed E-state index contributed by atoms with van der Waals surface area (Å²) in [6.45, 7) is 15.2. The van der Waals surface area contributed by atoms with Crippen molar-refractivity contribution in [2.45, 2.75) is 32.6 Å². The molecule has 0 amide bonds. The molecular weight excluding hydrogens is 234 g/mol. The molecule has 3 heterocycles. The molecule has 0 aromatic rings. The summed E-state index contributed by atoms with van der Waals surface area (Å²) in [6.07, 6.45) is 5.57. The van der Waals surface area contributed by atoms with Gasteiger partial charge in [0, 0.05) is 50.4 Å². The van der Waals surface area contributed by atoms with Crippen LogP contribution in [-0.4, -0.2) is 55.6 Å². The lowest BCUT2D eigenvalue weighted by molar-refractivity contribution is 0.0279. The van der Waals surface area contributed by atoms with Crippen molar-refractivity contribution >= 4 is 0 Å². The third-order valence-corrected chi connectivity index (χ3v) is 5.41. The number of nitrogens with zero attached hydrogens (tertiary/aromatic N) is 2. The van der Waals surface area contributed by atoms with E-state index in [4.69, 9.17) is 0 Å². The topological polar surface area (TPSA) is 18.5 Å². The molecule has 0 atom stereocenters. The Morgan fingerprint density at radius 3 is 2.58 bits per heavy atom. The third kappa shape index (κ3) is 2.97. The highest BCUT2D eigenvalue weighted by atomic mass is 15.2. The number of piperidine rings is 2. The van der Waals surface area contributed by atoms with Crippen LogP contribution in [0.3, 0.4) is 0 Å². The molecule has 1 N–H and O–H groups in total.